The first-order chi connectivity index (χ1) is 9.42. The Kier molecular flexibility index (Phi) is 7.11. The molecular formula is C13H25N3O2S2. The van der Waals surface area contributed by atoms with Crippen LogP contribution in [0.5, 0.6) is 0 Å². The highest BCUT2D eigenvalue weighted by atomic mass is 32.2. The van der Waals surface area contributed by atoms with Gasteiger partial charge in [-0.15, -0.1) is 11.3 Å². The molecule has 0 bridgehead atoms. The van der Waals surface area contributed by atoms with E-state index in [-0.39, 0.29) is 6.04 Å². The molecule has 116 valence electrons. The summed E-state index contributed by atoms with van der Waals surface area (Å²) in [5.74, 6) is 0. The fourth-order valence-electron chi connectivity index (χ4n) is 2.02. The zero-order chi connectivity index (χ0) is 15.2. The maximum Gasteiger partial charge on any atom is 0.250 e. The predicted molar refractivity (Wildman–Crippen MR) is 84.7 cm³/mol. The number of sulfonamides is 1. The van der Waals surface area contributed by atoms with Crippen LogP contribution < -0.4 is 10.0 Å². The van der Waals surface area contributed by atoms with E-state index < -0.39 is 10.0 Å². The molecule has 0 aliphatic carbocycles. The van der Waals surface area contributed by atoms with Crippen LogP contribution in [0, 0.1) is 0 Å². The smallest absolute Gasteiger partial charge is 0.250 e. The molecule has 0 aliphatic heterocycles. The first-order valence-corrected chi connectivity index (χ1v) is 9.25. The van der Waals surface area contributed by atoms with Gasteiger partial charge in [0.2, 0.25) is 10.0 Å². The van der Waals surface area contributed by atoms with Crippen molar-refractivity contribution in [1.82, 2.24) is 14.9 Å². The van der Waals surface area contributed by atoms with E-state index in [1.165, 1.54) is 11.3 Å². The summed E-state index contributed by atoms with van der Waals surface area (Å²) < 4.78 is 27.7. The Balaban J connectivity index is 2.68. The van der Waals surface area contributed by atoms with Gasteiger partial charge in [0.1, 0.15) is 4.21 Å². The molecule has 0 aliphatic rings. The van der Waals surface area contributed by atoms with E-state index in [0.29, 0.717) is 10.8 Å². The van der Waals surface area contributed by atoms with Crippen LogP contribution in [0.4, 0.5) is 0 Å². The van der Waals surface area contributed by atoms with Gasteiger partial charge in [-0.05, 0) is 44.1 Å². The van der Waals surface area contributed by atoms with Crippen molar-refractivity contribution in [2.75, 3.05) is 26.7 Å². The molecule has 1 aromatic rings. The summed E-state index contributed by atoms with van der Waals surface area (Å²) in [5.41, 5.74) is 0.995. The summed E-state index contributed by atoms with van der Waals surface area (Å²) in [6.45, 7) is 9.31. The number of thiophene rings is 1. The molecular weight excluding hydrogens is 294 g/mol. The lowest BCUT2D eigenvalue weighted by molar-refractivity contribution is 0.282. The molecule has 0 saturated carbocycles. The van der Waals surface area contributed by atoms with Crippen molar-refractivity contribution in [3.8, 4) is 0 Å². The molecule has 20 heavy (non-hydrogen) atoms. The first kappa shape index (κ1) is 17.6. The van der Waals surface area contributed by atoms with Crippen LogP contribution in [-0.4, -0.2) is 46.0 Å². The van der Waals surface area contributed by atoms with Gasteiger partial charge in [-0.25, -0.2) is 13.1 Å². The average molecular weight is 319 g/mol. The number of nitrogens with zero attached hydrogens (tertiary/aromatic N) is 1. The van der Waals surface area contributed by atoms with Crippen LogP contribution in [0.1, 0.15) is 26.3 Å². The third-order valence-corrected chi connectivity index (χ3v) is 6.14. The highest BCUT2D eigenvalue weighted by Gasteiger charge is 2.20. The summed E-state index contributed by atoms with van der Waals surface area (Å²) >= 11 is 1.26. The van der Waals surface area contributed by atoms with Gasteiger partial charge in [-0.1, -0.05) is 13.8 Å². The van der Waals surface area contributed by atoms with Crippen LogP contribution in [0.3, 0.4) is 0 Å². The molecule has 5 nitrogen and oxygen atoms in total. The summed E-state index contributed by atoms with van der Waals surface area (Å²) in [6.07, 6.45) is 0. The quantitative estimate of drug-likeness (QED) is 0.724. The van der Waals surface area contributed by atoms with Gasteiger partial charge >= 0.3 is 0 Å². The SMILES string of the molecule is CCN(CC)CC(C)NS(=O)(=O)c1cc(CNC)cs1. The normalized spacial score (nSPS) is 13.8. The van der Waals surface area contributed by atoms with Gasteiger partial charge in [0.05, 0.1) is 0 Å². The fourth-order valence-corrected chi connectivity index (χ4v) is 4.48. The number of rotatable bonds is 9. The van der Waals surface area contributed by atoms with Gasteiger partial charge < -0.3 is 10.2 Å². The van der Waals surface area contributed by atoms with E-state index in [9.17, 15) is 8.42 Å². The van der Waals surface area contributed by atoms with Gasteiger partial charge in [-0.3, -0.25) is 0 Å². The zero-order valence-corrected chi connectivity index (χ0v) is 14.3. The topological polar surface area (TPSA) is 61.4 Å². The molecule has 2 N–H and O–H groups in total. The first-order valence-electron chi connectivity index (χ1n) is 6.89. The minimum Gasteiger partial charge on any atom is -0.316 e. The predicted octanol–water partition coefficient (Wildman–Crippen LogP) is 1.48. The van der Waals surface area contributed by atoms with Gasteiger partial charge in [-0.2, -0.15) is 0 Å². The summed E-state index contributed by atoms with van der Waals surface area (Å²) in [4.78, 5) is 2.20. The third-order valence-electron chi connectivity index (χ3n) is 3.06. The molecule has 1 rings (SSSR count). The molecule has 0 fully saturated rings. The Labute approximate surface area is 126 Å². The largest absolute Gasteiger partial charge is 0.316 e. The number of hydrogen-bond donors (Lipinski definition) is 2. The Bertz CT molecular complexity index is 495. The molecule has 1 unspecified atom stereocenters. The monoisotopic (exact) mass is 319 g/mol. The van der Waals surface area contributed by atoms with Crippen LogP contribution in [0.2, 0.25) is 0 Å². The molecule has 1 heterocycles. The molecule has 0 aromatic carbocycles. The van der Waals surface area contributed by atoms with E-state index in [4.69, 9.17) is 0 Å². The van der Waals surface area contributed by atoms with E-state index in [1.54, 1.807) is 6.07 Å². The van der Waals surface area contributed by atoms with Crippen LogP contribution >= 0.6 is 11.3 Å². The Morgan fingerprint density at radius 3 is 2.55 bits per heavy atom. The van der Waals surface area contributed by atoms with Crippen LogP contribution in [0.25, 0.3) is 0 Å². The van der Waals surface area contributed by atoms with Crippen molar-refractivity contribution in [3.63, 3.8) is 0 Å². The lowest BCUT2D eigenvalue weighted by atomic mass is 10.3. The standard InChI is InChI=1S/C13H25N3O2S2/c1-5-16(6-2)9-11(3)15-20(17,18)13-7-12(8-14-4)10-19-13/h7,10-11,14-15H,5-6,8-9H2,1-4H3. The summed E-state index contributed by atoms with van der Waals surface area (Å²) in [6, 6.07) is 1.63. The Morgan fingerprint density at radius 1 is 1.35 bits per heavy atom. The number of hydrogen-bond acceptors (Lipinski definition) is 5. The highest BCUT2D eigenvalue weighted by Crippen LogP contribution is 2.20. The molecule has 0 radical (unpaired) electrons. The van der Waals surface area contributed by atoms with E-state index >= 15 is 0 Å². The second kappa shape index (κ2) is 8.09. The van der Waals surface area contributed by atoms with Crippen molar-refractivity contribution in [3.05, 3.63) is 17.0 Å². The minimum absolute atomic E-state index is 0.102. The van der Waals surface area contributed by atoms with Gasteiger partial charge in [0.25, 0.3) is 0 Å². The lowest BCUT2D eigenvalue weighted by Gasteiger charge is -2.23. The molecule has 1 aromatic heterocycles. The summed E-state index contributed by atoms with van der Waals surface area (Å²) in [7, 11) is -1.56. The van der Waals surface area contributed by atoms with Gasteiger partial charge in [0, 0.05) is 19.1 Å². The van der Waals surface area contributed by atoms with Crippen molar-refractivity contribution in [1.29, 1.82) is 0 Å². The molecule has 0 spiro atoms. The maximum absolute atomic E-state index is 12.3. The minimum atomic E-state index is -3.40. The Morgan fingerprint density at radius 2 is 2.00 bits per heavy atom. The van der Waals surface area contributed by atoms with Crippen LogP contribution in [-0.2, 0) is 16.6 Å². The number of nitrogens with one attached hydrogen (secondary N) is 2. The third kappa shape index (κ3) is 5.14. The molecule has 7 heteroatoms. The average Bonchev–Trinajstić information content (AvgIpc) is 2.85. The zero-order valence-electron chi connectivity index (χ0n) is 12.6. The second-order valence-corrected chi connectivity index (χ2v) is 7.66. The molecule has 0 saturated heterocycles. The Hall–Kier alpha value is -0.470. The highest BCUT2D eigenvalue weighted by molar-refractivity contribution is 7.91. The molecule has 1 atom stereocenters. The van der Waals surface area contributed by atoms with Crippen molar-refractivity contribution < 1.29 is 8.42 Å². The van der Waals surface area contributed by atoms with Crippen molar-refractivity contribution in [2.24, 2.45) is 0 Å². The molecule has 0 amide bonds. The lowest BCUT2D eigenvalue weighted by Crippen LogP contribution is -2.41. The van der Waals surface area contributed by atoms with Crippen molar-refractivity contribution in [2.45, 2.75) is 37.6 Å². The van der Waals surface area contributed by atoms with E-state index in [1.807, 2.05) is 19.4 Å². The maximum atomic E-state index is 12.3. The summed E-state index contributed by atoms with van der Waals surface area (Å²) in [5, 5.41) is 4.89. The van der Waals surface area contributed by atoms with Crippen molar-refractivity contribution >= 4 is 21.4 Å². The van der Waals surface area contributed by atoms with Gasteiger partial charge in [0.15, 0.2) is 0 Å². The van der Waals surface area contributed by atoms with E-state index in [2.05, 4.69) is 28.8 Å². The fraction of sp³-hybridized carbons (Fsp3) is 0.692. The van der Waals surface area contributed by atoms with E-state index in [0.717, 1.165) is 25.2 Å². The van der Waals surface area contributed by atoms with Crippen LogP contribution in [0.15, 0.2) is 15.7 Å². The second-order valence-electron chi connectivity index (χ2n) is 4.81. The number of likely N-dealkylation sites (N-methyl/N-ethyl adjacent to an activating group) is 1.